The molecule has 2 atom stereocenters. The number of benzene rings is 1. The van der Waals surface area contributed by atoms with Crippen LogP contribution in [0.2, 0.25) is 5.02 Å². The molecule has 90 valence electrons. The van der Waals surface area contributed by atoms with Crippen molar-refractivity contribution in [3.63, 3.8) is 0 Å². The molecule has 0 aromatic heterocycles. The van der Waals surface area contributed by atoms with Crippen molar-refractivity contribution in [3.05, 3.63) is 34.9 Å². The van der Waals surface area contributed by atoms with Gasteiger partial charge in [-0.1, -0.05) is 29.8 Å². The van der Waals surface area contributed by atoms with E-state index in [2.05, 4.69) is 0 Å². The standard InChI is InChI=1S/C11H16ClNO2S/c12-10-4-2-1-3-9(10)11(5-13)16-7-8(15)6-14/h1-4,8,11,14-15H,5-7,13H2. The van der Waals surface area contributed by atoms with Crippen LogP contribution < -0.4 is 5.73 Å². The number of hydrogen-bond donors (Lipinski definition) is 3. The van der Waals surface area contributed by atoms with Gasteiger partial charge < -0.3 is 15.9 Å². The van der Waals surface area contributed by atoms with Gasteiger partial charge in [-0.2, -0.15) is 0 Å². The van der Waals surface area contributed by atoms with Crippen LogP contribution in [0.3, 0.4) is 0 Å². The molecule has 1 aromatic rings. The summed E-state index contributed by atoms with van der Waals surface area (Å²) in [5, 5.41) is 18.7. The second-order valence-electron chi connectivity index (χ2n) is 3.42. The van der Waals surface area contributed by atoms with Gasteiger partial charge in [0.1, 0.15) is 0 Å². The molecule has 1 aromatic carbocycles. The highest BCUT2D eigenvalue weighted by atomic mass is 35.5. The fraction of sp³-hybridized carbons (Fsp3) is 0.455. The van der Waals surface area contributed by atoms with E-state index in [1.165, 1.54) is 11.8 Å². The third kappa shape index (κ3) is 3.96. The molecular formula is C11H16ClNO2S. The van der Waals surface area contributed by atoms with Crippen molar-refractivity contribution >= 4 is 23.4 Å². The lowest BCUT2D eigenvalue weighted by Gasteiger charge is -2.17. The maximum absolute atomic E-state index is 9.27. The van der Waals surface area contributed by atoms with E-state index in [0.717, 1.165) is 5.56 Å². The fourth-order valence-electron chi connectivity index (χ4n) is 1.30. The van der Waals surface area contributed by atoms with E-state index in [9.17, 15) is 5.11 Å². The van der Waals surface area contributed by atoms with Gasteiger partial charge in [0.05, 0.1) is 12.7 Å². The van der Waals surface area contributed by atoms with E-state index in [1.54, 1.807) is 0 Å². The third-order valence-electron chi connectivity index (χ3n) is 2.17. The summed E-state index contributed by atoms with van der Waals surface area (Å²) < 4.78 is 0. The third-order valence-corrected chi connectivity index (χ3v) is 3.94. The predicted molar refractivity (Wildman–Crippen MR) is 68.8 cm³/mol. The molecule has 4 N–H and O–H groups in total. The molecule has 0 saturated heterocycles. The van der Waals surface area contributed by atoms with Crippen LogP contribution in [0.5, 0.6) is 0 Å². The summed E-state index contributed by atoms with van der Waals surface area (Å²) in [6.07, 6.45) is -0.707. The Morgan fingerprint density at radius 3 is 2.62 bits per heavy atom. The van der Waals surface area contributed by atoms with Crippen molar-refractivity contribution in [3.8, 4) is 0 Å². The van der Waals surface area contributed by atoms with Crippen molar-refractivity contribution < 1.29 is 10.2 Å². The lowest BCUT2D eigenvalue weighted by Crippen LogP contribution is -2.18. The summed E-state index contributed by atoms with van der Waals surface area (Å²) in [5.41, 5.74) is 6.65. The van der Waals surface area contributed by atoms with Crippen molar-refractivity contribution in [1.82, 2.24) is 0 Å². The molecule has 0 fully saturated rings. The quantitative estimate of drug-likeness (QED) is 0.725. The molecule has 1 rings (SSSR count). The summed E-state index contributed by atoms with van der Waals surface area (Å²) in [5.74, 6) is 0.448. The molecule has 0 aliphatic heterocycles. The molecule has 2 unspecified atom stereocenters. The number of thioether (sulfide) groups is 1. The minimum Gasteiger partial charge on any atom is -0.394 e. The van der Waals surface area contributed by atoms with E-state index >= 15 is 0 Å². The number of aliphatic hydroxyl groups is 2. The Kier molecular flexibility index (Phi) is 6.16. The Labute approximate surface area is 105 Å². The van der Waals surface area contributed by atoms with Crippen molar-refractivity contribution in [2.45, 2.75) is 11.4 Å². The van der Waals surface area contributed by atoms with Crippen LogP contribution in [0.15, 0.2) is 24.3 Å². The molecule has 5 heteroatoms. The van der Waals surface area contributed by atoms with Gasteiger partial charge >= 0.3 is 0 Å². The summed E-state index contributed by atoms with van der Waals surface area (Å²) in [4.78, 5) is 0. The highest BCUT2D eigenvalue weighted by Crippen LogP contribution is 2.32. The average molecular weight is 262 g/mol. The molecule has 0 radical (unpaired) electrons. The minimum atomic E-state index is -0.707. The number of nitrogens with two attached hydrogens (primary N) is 1. The lowest BCUT2D eigenvalue weighted by atomic mass is 10.1. The first kappa shape index (κ1) is 13.8. The zero-order valence-corrected chi connectivity index (χ0v) is 10.4. The van der Waals surface area contributed by atoms with Crippen LogP contribution in [0.4, 0.5) is 0 Å². The van der Waals surface area contributed by atoms with Crippen molar-refractivity contribution in [2.24, 2.45) is 5.73 Å². The highest BCUT2D eigenvalue weighted by molar-refractivity contribution is 7.99. The van der Waals surface area contributed by atoms with Crippen LogP contribution in [-0.2, 0) is 0 Å². The lowest BCUT2D eigenvalue weighted by molar-refractivity contribution is 0.113. The molecule has 0 amide bonds. The summed E-state index contributed by atoms with van der Waals surface area (Å²) in [6, 6.07) is 7.53. The minimum absolute atomic E-state index is 0.0508. The van der Waals surface area contributed by atoms with Crippen LogP contribution in [0.25, 0.3) is 0 Å². The van der Waals surface area contributed by atoms with Gasteiger partial charge in [-0.05, 0) is 11.6 Å². The van der Waals surface area contributed by atoms with Crippen LogP contribution in [0, 0.1) is 0 Å². The molecule has 0 aliphatic rings. The molecular weight excluding hydrogens is 246 g/mol. The molecule has 0 spiro atoms. The number of rotatable bonds is 6. The van der Waals surface area contributed by atoms with Gasteiger partial charge in [0, 0.05) is 22.6 Å². The monoisotopic (exact) mass is 261 g/mol. The van der Waals surface area contributed by atoms with Crippen molar-refractivity contribution in [1.29, 1.82) is 0 Å². The summed E-state index contributed by atoms with van der Waals surface area (Å²) in [7, 11) is 0. The SMILES string of the molecule is NCC(SCC(O)CO)c1ccccc1Cl. The van der Waals surface area contributed by atoms with Gasteiger partial charge in [0.2, 0.25) is 0 Å². The number of aliphatic hydroxyl groups excluding tert-OH is 2. The number of halogens is 1. The van der Waals surface area contributed by atoms with Crippen LogP contribution in [-0.4, -0.2) is 35.2 Å². The van der Waals surface area contributed by atoms with Gasteiger partial charge in [-0.3, -0.25) is 0 Å². The Balaban J connectivity index is 2.64. The Bertz CT molecular complexity index is 325. The Morgan fingerprint density at radius 2 is 2.06 bits per heavy atom. The first-order valence-electron chi connectivity index (χ1n) is 5.04. The van der Waals surface area contributed by atoms with E-state index in [1.807, 2.05) is 24.3 Å². The predicted octanol–water partition coefficient (Wildman–Crippen LogP) is 1.43. The van der Waals surface area contributed by atoms with Gasteiger partial charge in [-0.25, -0.2) is 0 Å². The smallest absolute Gasteiger partial charge is 0.0861 e. The molecule has 0 heterocycles. The molecule has 0 bridgehead atoms. The topological polar surface area (TPSA) is 66.5 Å². The fourth-order valence-corrected chi connectivity index (χ4v) is 2.71. The van der Waals surface area contributed by atoms with Crippen molar-refractivity contribution in [2.75, 3.05) is 18.9 Å². The number of hydrogen-bond acceptors (Lipinski definition) is 4. The first-order valence-corrected chi connectivity index (χ1v) is 6.46. The Morgan fingerprint density at radius 1 is 1.38 bits per heavy atom. The zero-order valence-electron chi connectivity index (χ0n) is 8.84. The summed E-state index contributed by atoms with van der Waals surface area (Å²) >= 11 is 7.57. The van der Waals surface area contributed by atoms with Gasteiger partial charge in [0.25, 0.3) is 0 Å². The Hall–Kier alpha value is -0.260. The maximum Gasteiger partial charge on any atom is 0.0861 e. The molecule has 0 saturated carbocycles. The second-order valence-corrected chi connectivity index (χ2v) is 5.06. The zero-order chi connectivity index (χ0) is 12.0. The van der Waals surface area contributed by atoms with Gasteiger partial charge in [0.15, 0.2) is 0 Å². The van der Waals surface area contributed by atoms with Gasteiger partial charge in [-0.15, -0.1) is 11.8 Å². The average Bonchev–Trinajstić information content (AvgIpc) is 2.31. The highest BCUT2D eigenvalue weighted by Gasteiger charge is 2.15. The van der Waals surface area contributed by atoms with E-state index in [0.29, 0.717) is 17.3 Å². The van der Waals surface area contributed by atoms with Crippen LogP contribution >= 0.6 is 23.4 Å². The van der Waals surface area contributed by atoms with Crippen LogP contribution in [0.1, 0.15) is 10.8 Å². The molecule has 16 heavy (non-hydrogen) atoms. The second kappa shape index (κ2) is 7.14. The molecule has 0 aliphatic carbocycles. The van der Waals surface area contributed by atoms with E-state index in [4.69, 9.17) is 22.4 Å². The van der Waals surface area contributed by atoms with E-state index in [-0.39, 0.29) is 11.9 Å². The summed E-state index contributed by atoms with van der Waals surface area (Å²) in [6.45, 7) is 0.222. The molecule has 3 nitrogen and oxygen atoms in total. The van der Waals surface area contributed by atoms with E-state index < -0.39 is 6.10 Å². The first-order chi connectivity index (χ1) is 7.69. The normalized spacial score (nSPS) is 14.8. The maximum atomic E-state index is 9.27. The largest absolute Gasteiger partial charge is 0.394 e.